The summed E-state index contributed by atoms with van der Waals surface area (Å²) in [6.07, 6.45) is 4.91. The zero-order chi connectivity index (χ0) is 28.7. The number of benzene rings is 2. The molecule has 2 aliphatic rings. The van der Waals surface area contributed by atoms with Gasteiger partial charge in [0.25, 0.3) is 5.91 Å². The van der Waals surface area contributed by atoms with E-state index in [4.69, 9.17) is 21.6 Å². The molecule has 0 saturated heterocycles. The Kier molecular flexibility index (Phi) is 7.64. The minimum absolute atomic E-state index is 0.0252. The van der Waals surface area contributed by atoms with Gasteiger partial charge < -0.3 is 14.9 Å². The van der Waals surface area contributed by atoms with E-state index >= 15 is 4.39 Å². The minimum atomic E-state index is -1.67. The second-order valence-electron chi connectivity index (χ2n) is 10.4. The van der Waals surface area contributed by atoms with Crippen molar-refractivity contribution in [1.82, 2.24) is 14.9 Å². The van der Waals surface area contributed by atoms with E-state index in [1.54, 1.807) is 30.3 Å². The summed E-state index contributed by atoms with van der Waals surface area (Å²) in [6.45, 7) is 1.70. The molecule has 0 spiro atoms. The molecule has 208 valence electrons. The number of halogens is 2. The largest absolute Gasteiger partial charge is 0.393 e. The molecule has 1 aliphatic heterocycles. The maximum atomic E-state index is 16.4. The van der Waals surface area contributed by atoms with E-state index in [1.165, 1.54) is 30.5 Å². The highest BCUT2D eigenvalue weighted by Gasteiger charge is 2.54. The monoisotopic (exact) mass is 564 g/mol. The van der Waals surface area contributed by atoms with Crippen LogP contribution in [0, 0.1) is 23.1 Å². The molecule has 3 aromatic rings. The van der Waals surface area contributed by atoms with Gasteiger partial charge in [0.2, 0.25) is 0 Å². The Morgan fingerprint density at radius 2 is 1.85 bits per heavy atom. The number of fused-ring (bicyclic) bond motifs is 1. The first-order valence-electron chi connectivity index (χ1n) is 13.3. The molecule has 8 nitrogen and oxygen atoms in total. The number of rotatable bonds is 7. The van der Waals surface area contributed by atoms with Crippen LogP contribution in [0.2, 0.25) is 5.02 Å². The SMILES string of the molecule is CCC(O)(c1cc(F)c2c(c1)C(=O)N(Cc1ncc(C#N)cn1)[C@@]2(OC)c1ccc(Cl)cc1)C1CCC(O)CC1. The van der Waals surface area contributed by atoms with Crippen LogP contribution in [0.5, 0.6) is 0 Å². The van der Waals surface area contributed by atoms with Crippen molar-refractivity contribution in [1.29, 1.82) is 5.26 Å². The number of aliphatic hydroxyl groups is 2. The van der Waals surface area contributed by atoms with Gasteiger partial charge in [0, 0.05) is 30.1 Å². The summed E-state index contributed by atoms with van der Waals surface area (Å²) >= 11 is 6.15. The van der Waals surface area contributed by atoms with Gasteiger partial charge in [-0.3, -0.25) is 9.69 Å². The van der Waals surface area contributed by atoms with E-state index in [0.717, 1.165) is 0 Å². The molecule has 40 heavy (non-hydrogen) atoms. The Morgan fingerprint density at radius 3 is 2.42 bits per heavy atom. The Morgan fingerprint density at radius 1 is 1.20 bits per heavy atom. The molecule has 0 radical (unpaired) electrons. The summed E-state index contributed by atoms with van der Waals surface area (Å²) in [5, 5.41) is 31.4. The highest BCUT2D eigenvalue weighted by atomic mass is 35.5. The lowest BCUT2D eigenvalue weighted by Gasteiger charge is -2.40. The van der Waals surface area contributed by atoms with Gasteiger partial charge in [0.05, 0.1) is 34.9 Å². The minimum Gasteiger partial charge on any atom is -0.393 e. The Bertz CT molecular complexity index is 1450. The first-order chi connectivity index (χ1) is 19.2. The molecule has 1 fully saturated rings. The number of nitriles is 1. The van der Waals surface area contributed by atoms with Crippen LogP contribution < -0.4 is 0 Å². The zero-order valence-corrected chi connectivity index (χ0v) is 23.0. The van der Waals surface area contributed by atoms with E-state index < -0.39 is 29.2 Å². The molecule has 1 aromatic heterocycles. The highest BCUT2D eigenvalue weighted by Crippen LogP contribution is 2.49. The Labute approximate surface area is 237 Å². The second-order valence-corrected chi connectivity index (χ2v) is 10.8. The van der Waals surface area contributed by atoms with Gasteiger partial charge in [-0.2, -0.15) is 5.26 Å². The number of hydrogen-bond acceptors (Lipinski definition) is 7. The number of carbonyl (C=O) groups excluding carboxylic acids is 1. The third-order valence-corrected chi connectivity index (χ3v) is 8.61. The van der Waals surface area contributed by atoms with Crippen LogP contribution in [0.1, 0.15) is 77.5 Å². The van der Waals surface area contributed by atoms with Crippen LogP contribution in [0.3, 0.4) is 0 Å². The zero-order valence-electron chi connectivity index (χ0n) is 22.3. The molecular formula is C30H30ClFN4O4. The van der Waals surface area contributed by atoms with Gasteiger partial charge in [-0.05, 0) is 67.9 Å². The van der Waals surface area contributed by atoms with E-state index in [1.807, 2.05) is 13.0 Å². The number of ether oxygens (including phenoxy) is 1. The molecule has 1 saturated carbocycles. The number of aliphatic hydroxyl groups excluding tert-OH is 1. The van der Waals surface area contributed by atoms with Crippen molar-refractivity contribution in [2.24, 2.45) is 5.92 Å². The average molecular weight is 565 g/mol. The standard InChI is InChI=1S/C30H30ClFN4O4/c1-3-29(39,19-6-10-23(37)11-7-19)21-12-24-27(25(32)13-21)30(40-2,20-4-8-22(31)9-5-20)36(28(24)38)17-26-34-15-18(14-33)16-35-26/h4-5,8-9,12-13,15-16,19,23,37,39H,3,6-7,10-11,17H2,1-2H3/t19?,23?,29?,30-/m1/s1. The fraction of sp³-hybridized carbons (Fsp3) is 0.400. The van der Waals surface area contributed by atoms with Crippen LogP contribution >= 0.6 is 11.6 Å². The van der Waals surface area contributed by atoms with Crippen molar-refractivity contribution in [3.05, 3.63) is 93.3 Å². The van der Waals surface area contributed by atoms with Crippen molar-refractivity contribution in [3.8, 4) is 6.07 Å². The molecule has 10 heteroatoms. The summed E-state index contributed by atoms with van der Waals surface area (Å²) in [7, 11) is 1.40. The molecular weight excluding hydrogens is 535 g/mol. The molecule has 2 atom stereocenters. The van der Waals surface area contributed by atoms with Gasteiger partial charge >= 0.3 is 0 Å². The van der Waals surface area contributed by atoms with Gasteiger partial charge in [-0.1, -0.05) is 30.7 Å². The van der Waals surface area contributed by atoms with E-state index in [2.05, 4.69) is 9.97 Å². The highest BCUT2D eigenvalue weighted by molar-refractivity contribution is 6.30. The lowest BCUT2D eigenvalue weighted by atomic mass is 9.71. The summed E-state index contributed by atoms with van der Waals surface area (Å²) in [4.78, 5) is 23.9. The number of nitrogens with zero attached hydrogens (tertiary/aromatic N) is 4. The van der Waals surface area contributed by atoms with Crippen molar-refractivity contribution in [2.75, 3.05) is 7.11 Å². The molecule has 1 amide bonds. The first-order valence-corrected chi connectivity index (χ1v) is 13.6. The van der Waals surface area contributed by atoms with Crippen LogP contribution in [0.4, 0.5) is 4.39 Å². The maximum Gasteiger partial charge on any atom is 0.257 e. The third-order valence-electron chi connectivity index (χ3n) is 8.36. The van der Waals surface area contributed by atoms with Crippen LogP contribution in [-0.4, -0.2) is 44.2 Å². The molecule has 1 unspecified atom stereocenters. The molecule has 1 aliphatic carbocycles. The van der Waals surface area contributed by atoms with Crippen molar-refractivity contribution in [3.63, 3.8) is 0 Å². The van der Waals surface area contributed by atoms with Crippen molar-refractivity contribution in [2.45, 2.75) is 63.0 Å². The molecule has 5 rings (SSSR count). The van der Waals surface area contributed by atoms with Crippen molar-refractivity contribution < 1.29 is 24.1 Å². The number of hydrogen-bond donors (Lipinski definition) is 2. The topological polar surface area (TPSA) is 120 Å². The summed E-state index contributed by atoms with van der Waals surface area (Å²) in [5.41, 5.74) is -1.90. The maximum absolute atomic E-state index is 16.4. The quantitative estimate of drug-likeness (QED) is 0.423. The molecule has 2 heterocycles. The summed E-state index contributed by atoms with van der Waals surface area (Å²) in [6, 6.07) is 11.4. The normalized spacial score (nSPS) is 23.9. The Hall–Kier alpha value is -3.42. The number of methoxy groups -OCH3 is 1. The van der Waals surface area contributed by atoms with E-state index in [0.29, 0.717) is 48.3 Å². The predicted molar refractivity (Wildman–Crippen MR) is 144 cm³/mol. The fourth-order valence-electron chi connectivity index (χ4n) is 6.20. The van der Waals surface area contributed by atoms with E-state index in [9.17, 15) is 15.0 Å². The average Bonchev–Trinajstić information content (AvgIpc) is 3.22. The summed E-state index contributed by atoms with van der Waals surface area (Å²) < 4.78 is 22.4. The predicted octanol–water partition coefficient (Wildman–Crippen LogP) is 4.79. The van der Waals surface area contributed by atoms with Crippen LogP contribution in [0.25, 0.3) is 0 Å². The van der Waals surface area contributed by atoms with Gasteiger partial charge in [-0.15, -0.1) is 0 Å². The lowest BCUT2D eigenvalue weighted by Crippen LogP contribution is -2.46. The second kappa shape index (κ2) is 10.9. The van der Waals surface area contributed by atoms with E-state index in [-0.39, 0.29) is 35.0 Å². The molecule has 2 aromatic carbocycles. The van der Waals surface area contributed by atoms with Gasteiger partial charge in [0.15, 0.2) is 5.72 Å². The summed E-state index contributed by atoms with van der Waals surface area (Å²) in [5.74, 6) is -1.16. The van der Waals surface area contributed by atoms with Crippen molar-refractivity contribution >= 4 is 17.5 Å². The number of amides is 1. The first kappa shape index (κ1) is 28.1. The van der Waals surface area contributed by atoms with Gasteiger partial charge in [-0.25, -0.2) is 14.4 Å². The molecule has 0 bridgehead atoms. The third kappa shape index (κ3) is 4.55. The Balaban J connectivity index is 1.66. The van der Waals surface area contributed by atoms with Crippen LogP contribution in [0.15, 0.2) is 48.8 Å². The smallest absolute Gasteiger partial charge is 0.257 e. The fourth-order valence-corrected chi connectivity index (χ4v) is 6.33. The van der Waals surface area contributed by atoms with Gasteiger partial charge in [0.1, 0.15) is 17.7 Å². The number of carbonyl (C=O) groups is 1. The molecule has 2 N–H and O–H groups in total. The lowest BCUT2D eigenvalue weighted by molar-refractivity contribution is -0.0891. The number of aromatic nitrogens is 2. The van der Waals surface area contributed by atoms with Crippen LogP contribution in [-0.2, 0) is 22.6 Å².